The van der Waals surface area contributed by atoms with Gasteiger partial charge in [-0.2, -0.15) is 5.10 Å². The van der Waals surface area contributed by atoms with Crippen molar-refractivity contribution in [1.29, 1.82) is 0 Å². The Morgan fingerprint density at radius 1 is 1.47 bits per heavy atom. The summed E-state index contributed by atoms with van der Waals surface area (Å²) in [4.78, 5) is 0. The lowest BCUT2D eigenvalue weighted by Crippen LogP contribution is -2.39. The highest BCUT2D eigenvalue weighted by molar-refractivity contribution is 9.10. The SMILES string of the molecule is CCc1nn(CC)c(CC(O)C2COCCO2)c1Br. The molecule has 1 fully saturated rings. The lowest BCUT2D eigenvalue weighted by atomic mass is 10.1. The second kappa shape index (κ2) is 6.83. The molecule has 2 unspecified atom stereocenters. The van der Waals surface area contributed by atoms with Crippen LogP contribution in [0.25, 0.3) is 0 Å². The number of aromatic nitrogens is 2. The summed E-state index contributed by atoms with van der Waals surface area (Å²) >= 11 is 3.59. The molecule has 0 bridgehead atoms. The highest BCUT2D eigenvalue weighted by Crippen LogP contribution is 2.24. The van der Waals surface area contributed by atoms with Crippen LogP contribution in [-0.4, -0.2) is 46.9 Å². The zero-order valence-corrected chi connectivity index (χ0v) is 13.0. The predicted molar refractivity (Wildman–Crippen MR) is 75.2 cm³/mol. The number of aliphatic hydroxyl groups is 1. The lowest BCUT2D eigenvalue weighted by Gasteiger charge is -2.27. The van der Waals surface area contributed by atoms with Crippen LogP contribution in [0, 0.1) is 0 Å². The first-order valence-corrected chi connectivity index (χ1v) is 7.58. The average Bonchev–Trinajstić information content (AvgIpc) is 2.76. The second-order valence-electron chi connectivity index (χ2n) is 4.63. The summed E-state index contributed by atoms with van der Waals surface area (Å²) in [5.74, 6) is 0. The van der Waals surface area contributed by atoms with Crippen molar-refractivity contribution in [3.8, 4) is 0 Å². The molecule has 19 heavy (non-hydrogen) atoms. The molecule has 0 saturated carbocycles. The summed E-state index contributed by atoms with van der Waals surface area (Å²) in [6.45, 7) is 6.54. The molecular formula is C13H21BrN2O3. The molecule has 1 aliphatic rings. The third kappa shape index (κ3) is 3.37. The highest BCUT2D eigenvalue weighted by Gasteiger charge is 2.26. The maximum Gasteiger partial charge on any atom is 0.107 e. The van der Waals surface area contributed by atoms with Crippen LogP contribution in [-0.2, 0) is 28.9 Å². The van der Waals surface area contributed by atoms with Gasteiger partial charge in [0, 0.05) is 13.0 Å². The molecule has 0 aromatic carbocycles. The highest BCUT2D eigenvalue weighted by atomic mass is 79.9. The summed E-state index contributed by atoms with van der Waals surface area (Å²) in [5, 5.41) is 14.8. The Bertz CT molecular complexity index is 416. The maximum atomic E-state index is 10.3. The van der Waals surface area contributed by atoms with Gasteiger partial charge in [0.25, 0.3) is 0 Å². The third-order valence-electron chi connectivity index (χ3n) is 3.37. The molecular weight excluding hydrogens is 312 g/mol. The maximum absolute atomic E-state index is 10.3. The minimum Gasteiger partial charge on any atom is -0.390 e. The summed E-state index contributed by atoms with van der Waals surface area (Å²) < 4.78 is 13.8. The molecule has 1 saturated heterocycles. The smallest absolute Gasteiger partial charge is 0.107 e. The summed E-state index contributed by atoms with van der Waals surface area (Å²) in [6.07, 6.45) is 0.587. The van der Waals surface area contributed by atoms with Crippen LogP contribution in [0.4, 0.5) is 0 Å². The van der Waals surface area contributed by atoms with Gasteiger partial charge in [0.05, 0.1) is 41.8 Å². The Balaban J connectivity index is 2.10. The molecule has 2 atom stereocenters. The number of aryl methyl sites for hydroxylation is 2. The topological polar surface area (TPSA) is 56.5 Å². The summed E-state index contributed by atoms with van der Waals surface area (Å²) in [6, 6.07) is 0. The number of rotatable bonds is 5. The first-order valence-electron chi connectivity index (χ1n) is 6.78. The van der Waals surface area contributed by atoms with E-state index < -0.39 is 6.10 Å². The molecule has 108 valence electrons. The van der Waals surface area contributed by atoms with Crippen molar-refractivity contribution in [2.45, 2.75) is 45.4 Å². The monoisotopic (exact) mass is 332 g/mol. The van der Waals surface area contributed by atoms with Gasteiger partial charge >= 0.3 is 0 Å². The molecule has 1 aromatic rings. The zero-order chi connectivity index (χ0) is 13.8. The van der Waals surface area contributed by atoms with Gasteiger partial charge in [-0.3, -0.25) is 4.68 Å². The number of hydrogen-bond donors (Lipinski definition) is 1. The number of halogens is 1. The van der Waals surface area contributed by atoms with Gasteiger partial charge in [-0.15, -0.1) is 0 Å². The summed E-state index contributed by atoms with van der Waals surface area (Å²) in [5.41, 5.74) is 2.06. The quantitative estimate of drug-likeness (QED) is 0.888. The molecule has 0 amide bonds. The van der Waals surface area contributed by atoms with Crippen molar-refractivity contribution in [2.24, 2.45) is 0 Å². The van der Waals surface area contributed by atoms with Gasteiger partial charge in [0.1, 0.15) is 6.10 Å². The Kier molecular flexibility index (Phi) is 5.38. The van der Waals surface area contributed by atoms with E-state index in [1.54, 1.807) is 0 Å². The van der Waals surface area contributed by atoms with E-state index in [0.29, 0.717) is 26.2 Å². The first kappa shape index (κ1) is 15.0. The minimum atomic E-state index is -0.566. The molecule has 0 radical (unpaired) electrons. The molecule has 5 nitrogen and oxygen atoms in total. The third-order valence-corrected chi connectivity index (χ3v) is 4.28. The molecule has 2 rings (SSSR count). The molecule has 6 heteroatoms. The molecule has 0 spiro atoms. The van der Waals surface area contributed by atoms with Crippen molar-refractivity contribution < 1.29 is 14.6 Å². The first-order chi connectivity index (χ1) is 9.17. The van der Waals surface area contributed by atoms with E-state index in [9.17, 15) is 5.11 Å². The van der Waals surface area contributed by atoms with Gasteiger partial charge < -0.3 is 14.6 Å². The van der Waals surface area contributed by atoms with Crippen LogP contribution in [0.5, 0.6) is 0 Å². The van der Waals surface area contributed by atoms with Crippen LogP contribution in [0.15, 0.2) is 4.47 Å². The largest absolute Gasteiger partial charge is 0.390 e. The number of hydrogen-bond acceptors (Lipinski definition) is 4. The van der Waals surface area contributed by atoms with Crippen LogP contribution < -0.4 is 0 Å². The van der Waals surface area contributed by atoms with Crippen LogP contribution in [0.2, 0.25) is 0 Å². The van der Waals surface area contributed by atoms with Crippen molar-refractivity contribution in [3.63, 3.8) is 0 Å². The van der Waals surface area contributed by atoms with Crippen molar-refractivity contribution in [2.75, 3.05) is 19.8 Å². The summed E-state index contributed by atoms with van der Waals surface area (Å²) in [7, 11) is 0. The normalized spacial score (nSPS) is 21.6. The molecule has 0 aliphatic carbocycles. The van der Waals surface area contributed by atoms with Gasteiger partial charge in [0.15, 0.2) is 0 Å². The molecule has 1 aromatic heterocycles. The lowest BCUT2D eigenvalue weighted by molar-refractivity contribution is -0.131. The van der Waals surface area contributed by atoms with Crippen LogP contribution >= 0.6 is 15.9 Å². The fourth-order valence-electron chi connectivity index (χ4n) is 2.27. The van der Waals surface area contributed by atoms with E-state index in [4.69, 9.17) is 9.47 Å². The van der Waals surface area contributed by atoms with E-state index in [-0.39, 0.29) is 6.10 Å². The Hall–Kier alpha value is -0.430. The standard InChI is InChI=1S/C13H21BrN2O3/c1-3-9-13(14)10(16(4-2)15-9)7-11(17)12-8-18-5-6-19-12/h11-12,17H,3-8H2,1-2H3. The fraction of sp³-hybridized carbons (Fsp3) is 0.769. The van der Waals surface area contributed by atoms with Crippen LogP contribution in [0.1, 0.15) is 25.2 Å². The van der Waals surface area contributed by atoms with Crippen molar-refractivity contribution in [1.82, 2.24) is 9.78 Å². The van der Waals surface area contributed by atoms with Crippen molar-refractivity contribution in [3.05, 3.63) is 15.9 Å². The molecule has 1 aliphatic heterocycles. The second-order valence-corrected chi connectivity index (χ2v) is 5.43. The van der Waals surface area contributed by atoms with Crippen molar-refractivity contribution >= 4 is 15.9 Å². The van der Waals surface area contributed by atoms with E-state index in [2.05, 4.69) is 34.9 Å². The Morgan fingerprint density at radius 3 is 2.84 bits per heavy atom. The minimum absolute atomic E-state index is 0.245. The van der Waals surface area contributed by atoms with Gasteiger partial charge in [-0.25, -0.2) is 0 Å². The fourth-order valence-corrected chi connectivity index (χ4v) is 3.00. The number of aliphatic hydroxyl groups excluding tert-OH is 1. The average molecular weight is 333 g/mol. The predicted octanol–water partition coefficient (Wildman–Crippen LogP) is 1.55. The Morgan fingerprint density at radius 2 is 2.26 bits per heavy atom. The van der Waals surface area contributed by atoms with Crippen LogP contribution in [0.3, 0.4) is 0 Å². The number of nitrogens with zero attached hydrogens (tertiary/aromatic N) is 2. The van der Waals surface area contributed by atoms with Gasteiger partial charge in [0.2, 0.25) is 0 Å². The zero-order valence-electron chi connectivity index (χ0n) is 11.4. The van der Waals surface area contributed by atoms with E-state index >= 15 is 0 Å². The van der Waals surface area contributed by atoms with Gasteiger partial charge in [-0.05, 0) is 29.3 Å². The van der Waals surface area contributed by atoms with E-state index in [0.717, 1.165) is 28.8 Å². The number of ether oxygens (including phenoxy) is 2. The van der Waals surface area contributed by atoms with Gasteiger partial charge in [-0.1, -0.05) is 6.92 Å². The molecule has 2 heterocycles. The molecule has 1 N–H and O–H groups in total. The van der Waals surface area contributed by atoms with E-state index in [1.165, 1.54) is 0 Å². The van der Waals surface area contributed by atoms with E-state index in [1.807, 2.05) is 4.68 Å². The Labute approximate surface area is 122 Å².